The minimum atomic E-state index is 1.07. The SMILES string of the molecule is C1CCC2CC(CN3CCCC3)CC2C1. The summed E-state index contributed by atoms with van der Waals surface area (Å²) in [6, 6.07) is 0. The number of hydrogen-bond donors (Lipinski definition) is 0. The Morgan fingerprint density at radius 2 is 1.40 bits per heavy atom. The van der Waals surface area contributed by atoms with Crippen molar-refractivity contribution in [1.82, 2.24) is 4.90 Å². The Morgan fingerprint density at radius 1 is 0.800 bits per heavy atom. The van der Waals surface area contributed by atoms with Crippen LogP contribution in [0.2, 0.25) is 0 Å². The first-order valence-electron chi connectivity index (χ1n) is 7.14. The molecule has 15 heavy (non-hydrogen) atoms. The molecular formula is C14H25N. The van der Waals surface area contributed by atoms with Gasteiger partial charge in [0.1, 0.15) is 0 Å². The van der Waals surface area contributed by atoms with E-state index in [1.165, 1.54) is 45.3 Å². The van der Waals surface area contributed by atoms with E-state index in [-0.39, 0.29) is 0 Å². The van der Waals surface area contributed by atoms with Crippen molar-refractivity contribution >= 4 is 0 Å². The molecule has 2 unspecified atom stereocenters. The Hall–Kier alpha value is -0.0400. The lowest BCUT2D eigenvalue weighted by molar-refractivity contribution is 0.274. The van der Waals surface area contributed by atoms with Gasteiger partial charge in [-0.1, -0.05) is 25.7 Å². The van der Waals surface area contributed by atoms with Gasteiger partial charge in [-0.15, -0.1) is 0 Å². The normalized spacial score (nSPS) is 42.0. The third kappa shape index (κ3) is 2.22. The van der Waals surface area contributed by atoms with Crippen LogP contribution in [0.15, 0.2) is 0 Å². The van der Waals surface area contributed by atoms with Crippen molar-refractivity contribution in [3.63, 3.8) is 0 Å². The molecule has 1 saturated heterocycles. The highest BCUT2D eigenvalue weighted by Gasteiger charge is 2.36. The van der Waals surface area contributed by atoms with Crippen LogP contribution in [0.4, 0.5) is 0 Å². The number of nitrogens with zero attached hydrogens (tertiary/aromatic N) is 1. The fourth-order valence-corrected chi connectivity index (χ4v) is 4.34. The largest absolute Gasteiger partial charge is 0.303 e. The van der Waals surface area contributed by atoms with Gasteiger partial charge >= 0.3 is 0 Å². The van der Waals surface area contributed by atoms with Crippen molar-refractivity contribution < 1.29 is 0 Å². The van der Waals surface area contributed by atoms with Gasteiger partial charge < -0.3 is 4.90 Å². The van der Waals surface area contributed by atoms with Crippen LogP contribution in [0.3, 0.4) is 0 Å². The van der Waals surface area contributed by atoms with E-state index < -0.39 is 0 Å². The first-order chi connectivity index (χ1) is 7.42. The third-order valence-corrected chi connectivity index (χ3v) is 5.05. The second-order valence-electron chi connectivity index (χ2n) is 6.15. The smallest absolute Gasteiger partial charge is 0.000986 e. The number of likely N-dealkylation sites (tertiary alicyclic amines) is 1. The molecule has 0 radical (unpaired) electrons. The molecule has 0 N–H and O–H groups in total. The molecule has 3 fully saturated rings. The topological polar surface area (TPSA) is 3.24 Å². The summed E-state index contributed by atoms with van der Waals surface area (Å²) in [6.07, 6.45) is 12.2. The molecule has 1 nitrogen and oxygen atoms in total. The summed E-state index contributed by atoms with van der Waals surface area (Å²) in [7, 11) is 0. The molecule has 3 aliphatic rings. The molecule has 2 atom stereocenters. The minimum absolute atomic E-state index is 1.07. The minimum Gasteiger partial charge on any atom is -0.303 e. The Labute approximate surface area is 94.2 Å². The summed E-state index contributed by atoms with van der Waals surface area (Å²) in [5.74, 6) is 3.33. The van der Waals surface area contributed by atoms with Crippen LogP contribution in [0.5, 0.6) is 0 Å². The molecular weight excluding hydrogens is 182 g/mol. The zero-order valence-corrected chi connectivity index (χ0v) is 9.96. The molecule has 1 aliphatic heterocycles. The van der Waals surface area contributed by atoms with Crippen LogP contribution in [0.1, 0.15) is 51.4 Å². The van der Waals surface area contributed by atoms with Gasteiger partial charge in [-0.05, 0) is 56.5 Å². The van der Waals surface area contributed by atoms with Crippen LogP contribution in [0.25, 0.3) is 0 Å². The van der Waals surface area contributed by atoms with Gasteiger partial charge in [0.2, 0.25) is 0 Å². The Balaban J connectivity index is 1.51. The van der Waals surface area contributed by atoms with Gasteiger partial charge in [0.25, 0.3) is 0 Å². The van der Waals surface area contributed by atoms with Crippen molar-refractivity contribution in [3.8, 4) is 0 Å². The second kappa shape index (κ2) is 4.45. The monoisotopic (exact) mass is 207 g/mol. The lowest BCUT2D eigenvalue weighted by atomic mass is 9.82. The maximum Gasteiger partial charge on any atom is 0.000986 e. The highest BCUT2D eigenvalue weighted by atomic mass is 15.1. The maximum absolute atomic E-state index is 2.72. The van der Waals surface area contributed by atoms with Crippen molar-refractivity contribution in [1.29, 1.82) is 0 Å². The van der Waals surface area contributed by atoms with E-state index in [2.05, 4.69) is 4.90 Å². The summed E-state index contributed by atoms with van der Waals surface area (Å²) in [4.78, 5) is 2.72. The first-order valence-corrected chi connectivity index (χ1v) is 7.14. The second-order valence-corrected chi connectivity index (χ2v) is 6.15. The van der Waals surface area contributed by atoms with Crippen LogP contribution in [0, 0.1) is 17.8 Å². The lowest BCUT2D eigenvalue weighted by Gasteiger charge is -2.24. The predicted molar refractivity (Wildman–Crippen MR) is 63.8 cm³/mol. The maximum atomic E-state index is 2.72. The highest BCUT2D eigenvalue weighted by Crippen LogP contribution is 2.45. The number of hydrogen-bond acceptors (Lipinski definition) is 1. The quantitative estimate of drug-likeness (QED) is 0.671. The molecule has 0 spiro atoms. The van der Waals surface area contributed by atoms with Crippen LogP contribution in [-0.4, -0.2) is 24.5 Å². The van der Waals surface area contributed by atoms with Crippen molar-refractivity contribution in [3.05, 3.63) is 0 Å². The van der Waals surface area contributed by atoms with Gasteiger partial charge in [0, 0.05) is 6.54 Å². The molecule has 0 aromatic heterocycles. The molecule has 3 rings (SSSR count). The Morgan fingerprint density at radius 3 is 2.00 bits per heavy atom. The zero-order valence-electron chi connectivity index (χ0n) is 9.96. The summed E-state index contributed by atoms with van der Waals surface area (Å²) in [5, 5.41) is 0. The first kappa shape index (κ1) is 10.1. The molecule has 0 aromatic carbocycles. The fourth-order valence-electron chi connectivity index (χ4n) is 4.34. The summed E-state index contributed by atoms with van der Waals surface area (Å²) < 4.78 is 0. The van der Waals surface area contributed by atoms with E-state index in [1.54, 1.807) is 25.7 Å². The summed E-state index contributed by atoms with van der Waals surface area (Å²) in [5.41, 5.74) is 0. The van der Waals surface area contributed by atoms with Gasteiger partial charge in [-0.3, -0.25) is 0 Å². The van der Waals surface area contributed by atoms with E-state index >= 15 is 0 Å². The standard InChI is InChI=1S/C14H25N/c1-2-6-14-10-12(9-13(14)5-1)11-15-7-3-4-8-15/h12-14H,1-11H2. The van der Waals surface area contributed by atoms with E-state index in [0.29, 0.717) is 0 Å². The summed E-state index contributed by atoms with van der Waals surface area (Å²) >= 11 is 0. The van der Waals surface area contributed by atoms with Crippen LogP contribution < -0.4 is 0 Å². The molecule has 86 valence electrons. The fraction of sp³-hybridized carbons (Fsp3) is 1.00. The van der Waals surface area contributed by atoms with Crippen molar-refractivity contribution in [2.75, 3.05) is 19.6 Å². The third-order valence-electron chi connectivity index (χ3n) is 5.05. The lowest BCUT2D eigenvalue weighted by Crippen LogP contribution is -2.25. The Bertz CT molecular complexity index is 193. The van der Waals surface area contributed by atoms with Crippen molar-refractivity contribution in [2.45, 2.75) is 51.4 Å². The molecule has 0 amide bonds. The highest BCUT2D eigenvalue weighted by molar-refractivity contribution is 4.87. The van der Waals surface area contributed by atoms with Crippen LogP contribution in [-0.2, 0) is 0 Å². The molecule has 2 saturated carbocycles. The van der Waals surface area contributed by atoms with Gasteiger partial charge in [0.15, 0.2) is 0 Å². The zero-order chi connectivity index (χ0) is 10.1. The van der Waals surface area contributed by atoms with Gasteiger partial charge in [-0.2, -0.15) is 0 Å². The molecule has 2 aliphatic carbocycles. The number of fused-ring (bicyclic) bond motifs is 1. The molecule has 1 heterocycles. The Kier molecular flexibility index (Phi) is 3.01. The van der Waals surface area contributed by atoms with E-state index in [1.807, 2.05) is 0 Å². The molecule has 0 bridgehead atoms. The predicted octanol–water partition coefficient (Wildman–Crippen LogP) is 3.30. The summed E-state index contributed by atoms with van der Waals surface area (Å²) in [6.45, 7) is 4.23. The van der Waals surface area contributed by atoms with Gasteiger partial charge in [-0.25, -0.2) is 0 Å². The van der Waals surface area contributed by atoms with E-state index in [0.717, 1.165) is 17.8 Å². The van der Waals surface area contributed by atoms with Crippen molar-refractivity contribution in [2.24, 2.45) is 17.8 Å². The molecule has 1 heteroatoms. The van der Waals surface area contributed by atoms with E-state index in [4.69, 9.17) is 0 Å². The average Bonchev–Trinajstić information content (AvgIpc) is 2.86. The average molecular weight is 207 g/mol. The van der Waals surface area contributed by atoms with E-state index in [9.17, 15) is 0 Å². The van der Waals surface area contributed by atoms with Gasteiger partial charge in [0.05, 0.1) is 0 Å². The molecule has 0 aromatic rings. The van der Waals surface area contributed by atoms with Crippen LogP contribution >= 0.6 is 0 Å². The number of rotatable bonds is 2.